The molecule has 1 saturated carbocycles. The number of nitrogens with one attached hydrogen (secondary N) is 2. The number of carbonyl (C=O) groups is 1. The lowest BCUT2D eigenvalue weighted by Gasteiger charge is -2.33. The van der Waals surface area contributed by atoms with Crippen LogP contribution in [0.3, 0.4) is 0 Å². The van der Waals surface area contributed by atoms with Crippen LogP contribution in [0.2, 0.25) is 0 Å². The molecule has 9 nitrogen and oxygen atoms in total. The minimum absolute atomic E-state index is 0.105. The number of nitrogens with zero attached hydrogens (tertiary/aromatic N) is 4. The number of aromatic nitrogens is 4. The molecular weight excluding hydrogens is 372 g/mol. The van der Waals surface area contributed by atoms with E-state index in [-0.39, 0.29) is 18.1 Å². The van der Waals surface area contributed by atoms with Crippen LogP contribution >= 0.6 is 0 Å². The van der Waals surface area contributed by atoms with Gasteiger partial charge in [0.05, 0.1) is 31.7 Å². The summed E-state index contributed by atoms with van der Waals surface area (Å²) in [4.78, 5) is 21.6. The van der Waals surface area contributed by atoms with Crippen molar-refractivity contribution in [1.29, 1.82) is 0 Å². The summed E-state index contributed by atoms with van der Waals surface area (Å²) in [5.74, 6) is 1.36. The second-order valence-electron chi connectivity index (χ2n) is 7.29. The van der Waals surface area contributed by atoms with Crippen molar-refractivity contribution in [3.05, 3.63) is 42.6 Å². The molecule has 0 amide bonds. The van der Waals surface area contributed by atoms with E-state index in [2.05, 4.69) is 25.7 Å². The van der Waals surface area contributed by atoms with Crippen molar-refractivity contribution in [1.82, 2.24) is 19.6 Å². The quantitative estimate of drug-likeness (QED) is 0.413. The van der Waals surface area contributed by atoms with Crippen molar-refractivity contribution in [2.45, 2.75) is 25.4 Å². The van der Waals surface area contributed by atoms with Gasteiger partial charge in [0.15, 0.2) is 11.4 Å². The number of ketones is 1. The van der Waals surface area contributed by atoms with Crippen LogP contribution in [0.5, 0.6) is 5.88 Å². The highest BCUT2D eigenvalue weighted by molar-refractivity contribution is 6.02. The number of ether oxygens (including phenoxy) is 1. The van der Waals surface area contributed by atoms with Crippen LogP contribution in [0, 0.1) is 12.3 Å². The first-order chi connectivity index (χ1) is 13.9. The fourth-order valence-electron chi connectivity index (χ4n) is 3.43. The maximum atomic E-state index is 12.9. The summed E-state index contributed by atoms with van der Waals surface area (Å²) in [5.41, 5.74) is 0.679. The Morgan fingerprint density at radius 3 is 3.00 bits per heavy atom. The minimum atomic E-state index is -0.828. The number of Topliss-reactive ketones (excluding diaryl/α,β-unsaturated/α-hetero) is 1. The molecule has 29 heavy (non-hydrogen) atoms. The van der Waals surface area contributed by atoms with Crippen molar-refractivity contribution in [2.24, 2.45) is 5.92 Å². The molecule has 0 radical (unpaired) electrons. The normalized spacial score (nSPS) is 20.6. The molecule has 3 N–H and O–H groups in total. The molecule has 1 aliphatic rings. The molecular formula is C20H23N6O3+. The van der Waals surface area contributed by atoms with Crippen LogP contribution in [-0.4, -0.2) is 50.2 Å². The van der Waals surface area contributed by atoms with E-state index in [0.29, 0.717) is 40.8 Å². The highest BCUT2D eigenvalue weighted by Gasteiger charge is 2.51. The van der Waals surface area contributed by atoms with Crippen LogP contribution < -0.4 is 15.4 Å². The number of methoxy groups -OCH3 is 1. The van der Waals surface area contributed by atoms with Gasteiger partial charge in [-0.2, -0.15) is 9.61 Å². The van der Waals surface area contributed by atoms with Gasteiger partial charge in [0, 0.05) is 19.3 Å². The van der Waals surface area contributed by atoms with E-state index in [1.165, 1.54) is 6.20 Å². The standard InChI is InChI=1S/C20H22N6O3/c1-20(28)7-6-12(20)9-15(27)13-11-23-26-17(21-2)10-16(25-18(13)26)24-14-5-4-8-22-19(14)29-3/h4-6,8,10-12,28H,7,9H2,1-3H3,(H-,21,23,24,25,27)/p+1/t12-,20-/m1/s1. The third-order valence-electron chi connectivity index (χ3n) is 5.28. The maximum absolute atomic E-state index is 12.9. The molecule has 2 atom stereocenters. The smallest absolute Gasteiger partial charge is 0.237 e. The lowest BCUT2D eigenvalue weighted by atomic mass is 9.68. The molecule has 3 aromatic rings. The Labute approximate surface area is 168 Å². The van der Waals surface area contributed by atoms with E-state index in [4.69, 9.17) is 4.74 Å². The average molecular weight is 395 g/mol. The zero-order valence-corrected chi connectivity index (χ0v) is 16.5. The Kier molecular flexibility index (Phi) is 4.75. The number of aliphatic hydroxyl groups is 1. The monoisotopic (exact) mass is 395 g/mol. The number of pyridine rings is 1. The summed E-state index contributed by atoms with van der Waals surface area (Å²) >= 11 is 0. The fraction of sp³-hybridized carbons (Fsp3) is 0.350. The predicted molar refractivity (Wildman–Crippen MR) is 109 cm³/mol. The Hall–Kier alpha value is -3.33. The van der Waals surface area contributed by atoms with E-state index in [1.807, 2.05) is 12.5 Å². The minimum Gasteiger partial charge on any atom is -0.480 e. The third-order valence-corrected chi connectivity index (χ3v) is 5.28. The van der Waals surface area contributed by atoms with Crippen molar-refractivity contribution in [3.63, 3.8) is 0 Å². The fourth-order valence-corrected chi connectivity index (χ4v) is 3.43. The van der Waals surface area contributed by atoms with Gasteiger partial charge in [-0.25, -0.2) is 9.97 Å². The second kappa shape index (κ2) is 7.25. The molecule has 150 valence electrons. The number of anilines is 3. The number of hydrogen-bond acceptors (Lipinski definition) is 8. The van der Waals surface area contributed by atoms with Crippen molar-refractivity contribution < 1.29 is 14.6 Å². The summed E-state index contributed by atoms with van der Waals surface area (Å²) in [7, 11) is 3.32. The van der Waals surface area contributed by atoms with Crippen LogP contribution in [0.1, 0.15) is 30.1 Å². The van der Waals surface area contributed by atoms with Crippen LogP contribution in [0.25, 0.3) is 5.65 Å². The summed E-state index contributed by atoms with van der Waals surface area (Å²) in [6.07, 6.45) is 5.95. The molecule has 0 aromatic carbocycles. The average Bonchev–Trinajstić information content (AvgIpc) is 3.15. The van der Waals surface area contributed by atoms with Crippen LogP contribution in [-0.2, 0) is 0 Å². The SMILES string of the molecule is CNc1cc(Nc2cccnc2OC)nc2c(C(=O)C[C@H]3[CH+]C[C@@]3(C)O)cnn12. The van der Waals surface area contributed by atoms with Gasteiger partial charge in [0.2, 0.25) is 5.88 Å². The summed E-state index contributed by atoms with van der Waals surface area (Å²) in [6, 6.07) is 5.40. The lowest BCUT2D eigenvalue weighted by molar-refractivity contribution is -0.0387. The predicted octanol–water partition coefficient (Wildman–Crippen LogP) is 2.47. The van der Waals surface area contributed by atoms with Gasteiger partial charge in [0.1, 0.15) is 35.3 Å². The van der Waals surface area contributed by atoms with Gasteiger partial charge in [0.25, 0.3) is 0 Å². The van der Waals surface area contributed by atoms with Crippen molar-refractivity contribution in [3.8, 4) is 5.88 Å². The molecule has 0 aliphatic heterocycles. The first kappa shape index (κ1) is 19.0. The zero-order valence-electron chi connectivity index (χ0n) is 16.5. The molecule has 0 unspecified atom stereocenters. The number of carbonyl (C=O) groups excluding carboxylic acids is 1. The summed E-state index contributed by atoms with van der Waals surface area (Å²) in [6.45, 7) is 1.75. The van der Waals surface area contributed by atoms with Crippen molar-refractivity contribution >= 4 is 28.8 Å². The van der Waals surface area contributed by atoms with Gasteiger partial charge in [-0.3, -0.25) is 4.79 Å². The highest BCUT2D eigenvalue weighted by atomic mass is 16.5. The van der Waals surface area contributed by atoms with E-state index >= 15 is 0 Å². The van der Waals surface area contributed by atoms with E-state index in [9.17, 15) is 9.90 Å². The molecule has 0 spiro atoms. The number of rotatable bonds is 7. The summed E-state index contributed by atoms with van der Waals surface area (Å²) < 4.78 is 6.86. The summed E-state index contributed by atoms with van der Waals surface area (Å²) in [5, 5.41) is 20.8. The maximum Gasteiger partial charge on any atom is 0.237 e. The zero-order chi connectivity index (χ0) is 20.6. The first-order valence-electron chi connectivity index (χ1n) is 9.34. The van der Waals surface area contributed by atoms with E-state index in [0.717, 1.165) is 0 Å². The van der Waals surface area contributed by atoms with Gasteiger partial charge in [-0.15, -0.1) is 0 Å². The first-order valence-corrected chi connectivity index (χ1v) is 9.34. The second-order valence-corrected chi connectivity index (χ2v) is 7.29. The van der Waals surface area contributed by atoms with Gasteiger partial charge >= 0.3 is 0 Å². The molecule has 4 rings (SSSR count). The Morgan fingerprint density at radius 1 is 1.52 bits per heavy atom. The third kappa shape index (κ3) is 3.44. The molecule has 1 fully saturated rings. The Morgan fingerprint density at radius 2 is 2.34 bits per heavy atom. The number of fused-ring (bicyclic) bond motifs is 1. The van der Waals surface area contributed by atoms with Gasteiger partial charge in [-0.05, 0) is 19.1 Å². The molecule has 3 aromatic heterocycles. The largest absolute Gasteiger partial charge is 0.480 e. The molecule has 9 heteroatoms. The Bertz CT molecular complexity index is 1060. The topological polar surface area (TPSA) is 114 Å². The number of hydrogen-bond donors (Lipinski definition) is 3. The van der Waals surface area contributed by atoms with E-state index < -0.39 is 5.60 Å². The van der Waals surface area contributed by atoms with Crippen LogP contribution in [0.4, 0.5) is 17.3 Å². The van der Waals surface area contributed by atoms with Crippen molar-refractivity contribution in [2.75, 3.05) is 24.8 Å². The van der Waals surface area contributed by atoms with Gasteiger partial charge in [-0.1, -0.05) is 0 Å². The van der Waals surface area contributed by atoms with Gasteiger partial charge < -0.3 is 20.5 Å². The molecule has 1 aliphatic carbocycles. The Balaban J connectivity index is 1.69. The lowest BCUT2D eigenvalue weighted by Crippen LogP contribution is -2.45. The van der Waals surface area contributed by atoms with Crippen LogP contribution in [0.15, 0.2) is 30.6 Å². The molecule has 3 heterocycles. The van der Waals surface area contributed by atoms with E-state index in [1.54, 1.807) is 43.9 Å². The highest BCUT2D eigenvalue weighted by Crippen LogP contribution is 2.40. The molecule has 0 bridgehead atoms. The molecule has 0 saturated heterocycles.